The van der Waals surface area contributed by atoms with Gasteiger partial charge in [-0.1, -0.05) is 22.9 Å². The molecule has 0 spiro atoms. The lowest BCUT2D eigenvalue weighted by molar-refractivity contribution is 0.144. The minimum absolute atomic E-state index is 0.282. The molecule has 0 saturated carbocycles. The molecule has 1 saturated heterocycles. The van der Waals surface area contributed by atoms with Crippen molar-refractivity contribution in [1.82, 2.24) is 9.21 Å². The van der Waals surface area contributed by atoms with E-state index in [1.54, 1.807) is 16.4 Å². The van der Waals surface area contributed by atoms with Gasteiger partial charge in [0.1, 0.15) is 0 Å². The van der Waals surface area contributed by atoms with Crippen LogP contribution in [0.15, 0.2) is 32.0 Å². The van der Waals surface area contributed by atoms with Gasteiger partial charge in [0.25, 0.3) is 0 Å². The number of piperazine rings is 1. The molecule has 1 heterocycles. The third kappa shape index (κ3) is 3.27. The molecule has 7 heteroatoms. The first-order valence-electron chi connectivity index (χ1n) is 6.51. The van der Waals surface area contributed by atoms with Gasteiger partial charge in [0.15, 0.2) is 0 Å². The Labute approximate surface area is 137 Å². The molecular weight excluding hydrogens is 408 g/mol. The maximum Gasteiger partial charge on any atom is 0.244 e. The van der Waals surface area contributed by atoms with Gasteiger partial charge < -0.3 is 4.90 Å². The van der Waals surface area contributed by atoms with Crippen LogP contribution in [0.5, 0.6) is 0 Å². The second kappa shape index (κ2) is 6.44. The molecule has 0 bridgehead atoms. The van der Waals surface area contributed by atoms with Crippen molar-refractivity contribution in [2.24, 2.45) is 0 Å². The highest BCUT2D eigenvalue weighted by Crippen LogP contribution is 2.29. The molecular formula is C13H18Br2N2O2S. The van der Waals surface area contributed by atoms with E-state index in [4.69, 9.17) is 0 Å². The lowest BCUT2D eigenvalue weighted by atomic mass is 10.1. The molecule has 20 heavy (non-hydrogen) atoms. The van der Waals surface area contributed by atoms with E-state index >= 15 is 0 Å². The quantitative estimate of drug-likeness (QED) is 0.747. The predicted molar refractivity (Wildman–Crippen MR) is 87.3 cm³/mol. The lowest BCUT2D eigenvalue weighted by Gasteiger charge is -2.38. The molecule has 1 aliphatic rings. The van der Waals surface area contributed by atoms with Crippen LogP contribution in [0.2, 0.25) is 0 Å². The summed E-state index contributed by atoms with van der Waals surface area (Å²) in [4.78, 5) is 2.55. The van der Waals surface area contributed by atoms with Crippen LogP contribution >= 0.6 is 31.9 Å². The largest absolute Gasteiger partial charge is 0.301 e. The summed E-state index contributed by atoms with van der Waals surface area (Å²) in [6, 6.07) is 5.51. The van der Waals surface area contributed by atoms with Crippen LogP contribution in [0.1, 0.15) is 13.3 Å². The Morgan fingerprint density at radius 1 is 1.30 bits per heavy atom. The Morgan fingerprint density at radius 2 is 2.00 bits per heavy atom. The highest BCUT2D eigenvalue weighted by molar-refractivity contribution is 9.11. The Kier molecular flexibility index (Phi) is 5.29. The van der Waals surface area contributed by atoms with Gasteiger partial charge in [-0.05, 0) is 47.6 Å². The van der Waals surface area contributed by atoms with Crippen LogP contribution in [0, 0.1) is 0 Å². The third-order valence-electron chi connectivity index (χ3n) is 3.72. The average Bonchev–Trinajstić information content (AvgIpc) is 2.41. The van der Waals surface area contributed by atoms with Gasteiger partial charge in [-0.3, -0.25) is 0 Å². The fourth-order valence-electron chi connectivity index (χ4n) is 2.39. The van der Waals surface area contributed by atoms with Crippen molar-refractivity contribution in [3.8, 4) is 0 Å². The molecule has 0 amide bonds. The van der Waals surface area contributed by atoms with Crippen molar-refractivity contribution in [1.29, 1.82) is 0 Å². The SMILES string of the molecule is CCC1CN(S(=O)(=O)c2cc(Br)ccc2Br)CCN1C. The summed E-state index contributed by atoms with van der Waals surface area (Å²) < 4.78 is 28.5. The molecule has 1 unspecified atom stereocenters. The zero-order valence-electron chi connectivity index (χ0n) is 11.5. The summed E-state index contributed by atoms with van der Waals surface area (Å²) >= 11 is 6.68. The van der Waals surface area contributed by atoms with E-state index in [1.165, 1.54) is 0 Å². The molecule has 1 fully saturated rings. The summed E-state index contributed by atoms with van der Waals surface area (Å²) in [7, 11) is -1.40. The minimum atomic E-state index is -3.45. The van der Waals surface area contributed by atoms with Crippen LogP contribution in [0.25, 0.3) is 0 Å². The molecule has 1 aromatic carbocycles. The molecule has 4 nitrogen and oxygen atoms in total. The van der Waals surface area contributed by atoms with Crippen molar-refractivity contribution in [3.63, 3.8) is 0 Å². The van der Waals surface area contributed by atoms with Gasteiger partial charge in [0.2, 0.25) is 10.0 Å². The number of hydrogen-bond acceptors (Lipinski definition) is 3. The molecule has 1 aromatic rings. The number of halogens is 2. The first-order valence-corrected chi connectivity index (χ1v) is 9.54. The second-order valence-corrected chi connectivity index (χ2v) is 8.66. The molecule has 0 aliphatic carbocycles. The van der Waals surface area contributed by atoms with Gasteiger partial charge in [-0.15, -0.1) is 0 Å². The zero-order valence-corrected chi connectivity index (χ0v) is 15.5. The van der Waals surface area contributed by atoms with E-state index in [0.29, 0.717) is 22.5 Å². The highest BCUT2D eigenvalue weighted by Gasteiger charge is 2.33. The van der Waals surface area contributed by atoms with Gasteiger partial charge in [-0.2, -0.15) is 4.31 Å². The van der Waals surface area contributed by atoms with Crippen LogP contribution in [-0.2, 0) is 10.0 Å². The van der Waals surface area contributed by atoms with E-state index in [1.807, 2.05) is 13.1 Å². The smallest absolute Gasteiger partial charge is 0.244 e. The predicted octanol–water partition coefficient (Wildman–Crippen LogP) is 2.93. The second-order valence-electron chi connectivity index (χ2n) is 4.98. The van der Waals surface area contributed by atoms with Crippen molar-refractivity contribution in [2.75, 3.05) is 26.7 Å². The summed E-state index contributed by atoms with van der Waals surface area (Å²) in [5.74, 6) is 0. The topological polar surface area (TPSA) is 40.6 Å². The summed E-state index contributed by atoms with van der Waals surface area (Å²) in [5.41, 5.74) is 0. The number of likely N-dealkylation sites (N-methyl/N-ethyl adjacent to an activating group) is 1. The van der Waals surface area contributed by atoms with Crippen molar-refractivity contribution in [3.05, 3.63) is 27.1 Å². The molecule has 112 valence electrons. The molecule has 1 atom stereocenters. The highest BCUT2D eigenvalue weighted by atomic mass is 79.9. The Balaban J connectivity index is 2.33. The first kappa shape index (κ1) is 16.4. The van der Waals surface area contributed by atoms with E-state index < -0.39 is 10.0 Å². The summed E-state index contributed by atoms with van der Waals surface area (Å²) in [6.45, 7) is 3.94. The number of benzene rings is 1. The average molecular weight is 426 g/mol. The number of sulfonamides is 1. The van der Waals surface area contributed by atoms with E-state index in [0.717, 1.165) is 17.4 Å². The monoisotopic (exact) mass is 424 g/mol. The maximum absolute atomic E-state index is 12.8. The molecule has 0 radical (unpaired) electrons. The van der Waals surface area contributed by atoms with Gasteiger partial charge >= 0.3 is 0 Å². The number of nitrogens with zero attached hydrogens (tertiary/aromatic N) is 2. The van der Waals surface area contributed by atoms with Crippen molar-refractivity contribution in [2.45, 2.75) is 24.3 Å². The molecule has 1 aliphatic heterocycles. The molecule has 2 rings (SSSR count). The number of rotatable bonds is 3. The zero-order chi connectivity index (χ0) is 14.9. The van der Waals surface area contributed by atoms with Crippen molar-refractivity contribution >= 4 is 41.9 Å². The normalized spacial score (nSPS) is 22.1. The first-order chi connectivity index (χ1) is 9.36. The van der Waals surface area contributed by atoms with Crippen molar-refractivity contribution < 1.29 is 8.42 Å². The number of hydrogen-bond donors (Lipinski definition) is 0. The summed E-state index contributed by atoms with van der Waals surface area (Å²) in [6.07, 6.45) is 0.947. The Hall–Kier alpha value is 0.0500. The fourth-order valence-corrected chi connectivity index (χ4v) is 5.32. The van der Waals surface area contributed by atoms with E-state index in [9.17, 15) is 8.42 Å². The van der Waals surface area contributed by atoms with Gasteiger partial charge in [0.05, 0.1) is 4.90 Å². The third-order valence-corrected chi connectivity index (χ3v) is 7.07. The van der Waals surface area contributed by atoms with Crippen LogP contribution in [-0.4, -0.2) is 50.3 Å². The molecule has 0 aromatic heterocycles. The van der Waals surface area contributed by atoms with E-state index in [2.05, 4.69) is 43.7 Å². The van der Waals surface area contributed by atoms with Crippen LogP contribution in [0.3, 0.4) is 0 Å². The van der Waals surface area contributed by atoms with E-state index in [-0.39, 0.29) is 6.04 Å². The Morgan fingerprint density at radius 3 is 2.65 bits per heavy atom. The molecule has 0 N–H and O–H groups in total. The van der Waals surface area contributed by atoms with Crippen LogP contribution in [0.4, 0.5) is 0 Å². The Bertz CT molecular complexity index is 592. The lowest BCUT2D eigenvalue weighted by Crippen LogP contribution is -2.52. The van der Waals surface area contributed by atoms with Gasteiger partial charge in [-0.25, -0.2) is 8.42 Å². The van der Waals surface area contributed by atoms with Gasteiger partial charge in [0, 0.05) is 34.6 Å². The maximum atomic E-state index is 12.8. The summed E-state index contributed by atoms with van der Waals surface area (Å²) in [5, 5.41) is 0. The minimum Gasteiger partial charge on any atom is -0.301 e. The van der Waals surface area contributed by atoms with Crippen LogP contribution < -0.4 is 0 Å². The standard InChI is InChI=1S/C13H18Br2N2O2S/c1-3-11-9-17(7-6-16(11)2)20(18,19)13-8-10(14)4-5-12(13)15/h4-5,8,11H,3,6-7,9H2,1-2H3. The fraction of sp³-hybridized carbons (Fsp3) is 0.538.